The quantitative estimate of drug-likeness (QED) is 0.528. The van der Waals surface area contributed by atoms with Crippen LogP contribution in [-0.2, 0) is 4.79 Å². The summed E-state index contributed by atoms with van der Waals surface area (Å²) < 4.78 is 1.26. The molecule has 1 aromatic heterocycles. The van der Waals surface area contributed by atoms with Crippen LogP contribution >= 0.6 is 0 Å². The first-order valence-corrected chi connectivity index (χ1v) is 9.16. The van der Waals surface area contributed by atoms with Crippen LogP contribution in [0.25, 0.3) is 16.6 Å². The Bertz CT molecular complexity index is 1320. The highest BCUT2D eigenvalue weighted by Crippen LogP contribution is 2.27. The summed E-state index contributed by atoms with van der Waals surface area (Å²) >= 11 is 0. The van der Waals surface area contributed by atoms with Crippen molar-refractivity contribution in [2.24, 2.45) is 5.10 Å². The Morgan fingerprint density at radius 2 is 1.71 bits per heavy atom. The van der Waals surface area contributed by atoms with Crippen molar-refractivity contribution in [1.29, 1.82) is 5.26 Å². The molecule has 3 aromatic rings. The number of amides is 1. The van der Waals surface area contributed by atoms with Crippen LogP contribution in [0.4, 0.5) is 5.69 Å². The number of carbonyl (C=O) groups is 1. The highest BCUT2D eigenvalue weighted by atomic mass is 16.3. The van der Waals surface area contributed by atoms with Gasteiger partial charge in [0.05, 0.1) is 22.5 Å². The van der Waals surface area contributed by atoms with Crippen molar-refractivity contribution in [3.8, 4) is 17.6 Å². The number of benzene rings is 2. The molecule has 0 radical (unpaired) electrons. The lowest BCUT2D eigenvalue weighted by Crippen LogP contribution is -2.21. The van der Waals surface area contributed by atoms with Gasteiger partial charge in [-0.3, -0.25) is 4.79 Å². The van der Waals surface area contributed by atoms with Gasteiger partial charge in [-0.15, -0.1) is 5.01 Å². The zero-order valence-corrected chi connectivity index (χ0v) is 16.0. The SMILES string of the molecule is [C-]#[N+]C1=NN(c2ccccc2)C(=O)C1=CC=Cc1c(C#N)nn(-c2ccccc2)c1O. The lowest BCUT2D eigenvalue weighted by molar-refractivity contribution is -0.114. The molecule has 1 N–H and O–H groups in total. The molecule has 2 heterocycles. The zero-order chi connectivity index (χ0) is 21.8. The average molecular weight is 406 g/mol. The fraction of sp³-hybridized carbons (Fsp3) is 0. The Hall–Kier alpha value is -4.95. The Kier molecular flexibility index (Phi) is 5.12. The Balaban J connectivity index is 1.66. The molecular formula is C23H14N6O2. The zero-order valence-electron chi connectivity index (χ0n) is 16.0. The molecule has 0 atom stereocenters. The summed E-state index contributed by atoms with van der Waals surface area (Å²) in [4.78, 5) is 16.1. The van der Waals surface area contributed by atoms with Crippen LogP contribution in [0.15, 0.2) is 83.5 Å². The van der Waals surface area contributed by atoms with E-state index >= 15 is 0 Å². The molecule has 4 rings (SSSR count). The molecule has 31 heavy (non-hydrogen) atoms. The number of nitriles is 1. The molecule has 148 valence electrons. The molecular weight excluding hydrogens is 392 g/mol. The highest BCUT2D eigenvalue weighted by Gasteiger charge is 2.33. The van der Waals surface area contributed by atoms with E-state index in [1.54, 1.807) is 48.5 Å². The van der Waals surface area contributed by atoms with E-state index in [-0.39, 0.29) is 28.5 Å². The second kappa shape index (κ2) is 8.19. The predicted molar refractivity (Wildman–Crippen MR) is 115 cm³/mol. The number of aromatic hydroxyl groups is 1. The number of amidine groups is 1. The van der Waals surface area contributed by atoms with Gasteiger partial charge < -0.3 is 9.95 Å². The van der Waals surface area contributed by atoms with Crippen molar-refractivity contribution in [1.82, 2.24) is 9.78 Å². The maximum absolute atomic E-state index is 12.7. The van der Waals surface area contributed by atoms with E-state index in [1.165, 1.54) is 27.9 Å². The van der Waals surface area contributed by atoms with Gasteiger partial charge in [0.2, 0.25) is 5.88 Å². The van der Waals surface area contributed by atoms with Crippen LogP contribution in [-0.4, -0.2) is 26.6 Å². The number of anilines is 1. The summed E-state index contributed by atoms with van der Waals surface area (Å²) in [6.45, 7) is 7.32. The molecule has 1 aliphatic rings. The molecule has 2 aromatic carbocycles. The molecule has 8 nitrogen and oxygen atoms in total. The van der Waals surface area contributed by atoms with E-state index in [4.69, 9.17) is 6.57 Å². The van der Waals surface area contributed by atoms with Crippen molar-refractivity contribution >= 4 is 23.5 Å². The van der Waals surface area contributed by atoms with Crippen LogP contribution in [0.3, 0.4) is 0 Å². The Labute approximate surface area is 177 Å². The van der Waals surface area contributed by atoms with E-state index in [0.717, 1.165) is 0 Å². The number of para-hydroxylation sites is 2. The molecule has 0 saturated carbocycles. The van der Waals surface area contributed by atoms with Crippen molar-refractivity contribution < 1.29 is 9.90 Å². The topological polar surface area (TPSA) is 98.9 Å². The lowest BCUT2D eigenvalue weighted by atomic mass is 10.1. The van der Waals surface area contributed by atoms with Crippen molar-refractivity contribution in [3.63, 3.8) is 0 Å². The second-order valence-corrected chi connectivity index (χ2v) is 6.37. The van der Waals surface area contributed by atoms with Crippen molar-refractivity contribution in [2.75, 3.05) is 5.01 Å². The molecule has 1 amide bonds. The Morgan fingerprint density at radius 3 is 2.32 bits per heavy atom. The summed E-state index contributed by atoms with van der Waals surface area (Å²) in [7, 11) is 0. The van der Waals surface area contributed by atoms with Crippen LogP contribution in [0.1, 0.15) is 11.3 Å². The summed E-state index contributed by atoms with van der Waals surface area (Å²) in [5.41, 5.74) is 1.49. The van der Waals surface area contributed by atoms with Gasteiger partial charge in [-0.1, -0.05) is 55.1 Å². The monoisotopic (exact) mass is 406 g/mol. The van der Waals surface area contributed by atoms with E-state index in [2.05, 4.69) is 15.0 Å². The van der Waals surface area contributed by atoms with Gasteiger partial charge in [0.15, 0.2) is 5.69 Å². The van der Waals surface area contributed by atoms with Crippen LogP contribution in [0.2, 0.25) is 0 Å². The van der Waals surface area contributed by atoms with E-state index in [9.17, 15) is 15.2 Å². The molecule has 0 aliphatic carbocycles. The maximum Gasteiger partial charge on any atom is 0.307 e. The first kappa shape index (κ1) is 19.4. The molecule has 0 spiro atoms. The normalized spacial score (nSPS) is 14.6. The molecule has 0 fully saturated rings. The summed E-state index contributed by atoms with van der Waals surface area (Å²) in [5, 5.41) is 29.3. The minimum absolute atomic E-state index is 0.0266. The molecule has 0 bridgehead atoms. The number of hydrogen-bond acceptors (Lipinski definition) is 5. The fourth-order valence-electron chi connectivity index (χ4n) is 3.02. The van der Waals surface area contributed by atoms with Gasteiger partial charge in [0.1, 0.15) is 6.07 Å². The van der Waals surface area contributed by atoms with Crippen LogP contribution in [0, 0.1) is 17.9 Å². The number of nitrogens with zero attached hydrogens (tertiary/aromatic N) is 6. The largest absolute Gasteiger partial charge is 0.493 e. The molecule has 1 aliphatic heterocycles. The number of carbonyl (C=O) groups excluding carboxylic acids is 1. The molecule has 8 heteroatoms. The van der Waals surface area contributed by atoms with E-state index < -0.39 is 5.91 Å². The Morgan fingerprint density at radius 1 is 1.06 bits per heavy atom. The van der Waals surface area contributed by atoms with Crippen LogP contribution < -0.4 is 5.01 Å². The van der Waals surface area contributed by atoms with Gasteiger partial charge in [0.25, 0.3) is 5.91 Å². The first-order valence-electron chi connectivity index (χ1n) is 9.16. The number of hydrazone groups is 1. The van der Waals surface area contributed by atoms with E-state index in [0.29, 0.717) is 11.4 Å². The van der Waals surface area contributed by atoms with Crippen molar-refractivity contribution in [3.05, 3.63) is 101 Å². The minimum atomic E-state index is -0.438. The summed E-state index contributed by atoms with van der Waals surface area (Å²) in [5.74, 6) is -0.685. The van der Waals surface area contributed by atoms with Gasteiger partial charge in [0, 0.05) is 0 Å². The van der Waals surface area contributed by atoms with Crippen molar-refractivity contribution in [2.45, 2.75) is 0 Å². The first-order chi connectivity index (χ1) is 15.1. The fourth-order valence-corrected chi connectivity index (χ4v) is 3.02. The van der Waals surface area contributed by atoms with Gasteiger partial charge in [-0.25, -0.2) is 0 Å². The number of hydrogen-bond donors (Lipinski definition) is 1. The minimum Gasteiger partial charge on any atom is -0.493 e. The summed E-state index contributed by atoms with van der Waals surface area (Å²) in [6.07, 6.45) is 4.38. The predicted octanol–water partition coefficient (Wildman–Crippen LogP) is 3.67. The van der Waals surface area contributed by atoms with Crippen LogP contribution in [0.5, 0.6) is 5.88 Å². The number of allylic oxidation sites excluding steroid dienone is 2. The second-order valence-electron chi connectivity index (χ2n) is 6.37. The number of aromatic nitrogens is 2. The third-order valence-corrected chi connectivity index (χ3v) is 4.49. The van der Waals surface area contributed by atoms with E-state index in [1.807, 2.05) is 18.2 Å². The van der Waals surface area contributed by atoms with Gasteiger partial charge >= 0.3 is 5.84 Å². The summed E-state index contributed by atoms with van der Waals surface area (Å²) in [6, 6.07) is 19.7. The maximum atomic E-state index is 12.7. The lowest BCUT2D eigenvalue weighted by Gasteiger charge is -2.06. The molecule has 0 unspecified atom stereocenters. The number of rotatable bonds is 4. The van der Waals surface area contributed by atoms with Gasteiger partial charge in [-0.2, -0.15) is 15.0 Å². The van der Waals surface area contributed by atoms with Gasteiger partial charge in [-0.05, 0) is 35.4 Å². The smallest absolute Gasteiger partial charge is 0.307 e. The molecule has 0 saturated heterocycles. The third-order valence-electron chi connectivity index (χ3n) is 4.49. The standard InChI is InChI=1S/C23H14N6O2/c1-25-21-19(23(31)29(27-21)17-11-6-3-7-12-17)14-8-13-18-20(15-24)26-28(22(18)30)16-9-4-2-5-10-16/h2-14,30H. The highest BCUT2D eigenvalue weighted by molar-refractivity contribution is 6.32. The third kappa shape index (κ3) is 3.57. The average Bonchev–Trinajstić information content (AvgIpc) is 3.31.